The first-order valence-electron chi connectivity index (χ1n) is 6.34. The highest BCUT2D eigenvalue weighted by molar-refractivity contribution is 5.96. The Morgan fingerprint density at radius 2 is 1.26 bits per heavy atom. The van der Waals surface area contributed by atoms with Crippen molar-refractivity contribution in [2.75, 3.05) is 0 Å². The highest BCUT2D eigenvalue weighted by Gasteiger charge is 2.34. The fourth-order valence-electron chi connectivity index (χ4n) is 2.11. The number of nitro groups is 2. The number of benzene rings is 2. The molecule has 0 aliphatic carbocycles. The van der Waals surface area contributed by atoms with Crippen molar-refractivity contribution in [3.05, 3.63) is 91.5 Å². The molecule has 1 N–H and O–H groups in total. The predicted octanol–water partition coefficient (Wildman–Crippen LogP) is 2.76. The lowest BCUT2D eigenvalue weighted by Gasteiger charge is -2.05. The lowest BCUT2D eigenvalue weighted by Crippen LogP contribution is -2.12. The summed E-state index contributed by atoms with van der Waals surface area (Å²) in [5, 5.41) is 32.0. The molecule has 116 valence electrons. The Morgan fingerprint density at radius 3 is 1.74 bits per heavy atom. The topological polar surface area (TPSA) is 124 Å². The molecule has 0 atom stereocenters. The standard InChI is InChI=1S/C15H10N2O6/c18-15(19)12-9-5-4-8-11(12)14(17(22)23)13(16(20)21)10-6-2-1-3-7-10/h1-9H,(H,18,19). The predicted molar refractivity (Wildman–Crippen MR) is 80.6 cm³/mol. The number of hydrogen-bond acceptors (Lipinski definition) is 5. The third-order valence-corrected chi connectivity index (χ3v) is 3.05. The molecule has 2 aromatic rings. The molecule has 0 spiro atoms. The molecule has 0 aliphatic rings. The molecule has 8 nitrogen and oxygen atoms in total. The van der Waals surface area contributed by atoms with E-state index in [4.69, 9.17) is 0 Å². The summed E-state index contributed by atoms with van der Waals surface area (Å²) in [6.07, 6.45) is 0. The Labute approximate surface area is 129 Å². The monoisotopic (exact) mass is 314 g/mol. The molecule has 0 aliphatic heterocycles. The number of carbonyl (C=O) groups is 1. The van der Waals surface area contributed by atoms with Gasteiger partial charge in [0.2, 0.25) is 0 Å². The van der Waals surface area contributed by atoms with Gasteiger partial charge in [-0.05, 0) is 24.3 Å². The summed E-state index contributed by atoms with van der Waals surface area (Å²) < 4.78 is 0. The van der Waals surface area contributed by atoms with Gasteiger partial charge < -0.3 is 5.11 Å². The molecule has 23 heavy (non-hydrogen) atoms. The Bertz CT molecular complexity index is 814. The van der Waals surface area contributed by atoms with Crippen LogP contribution < -0.4 is 0 Å². The van der Waals surface area contributed by atoms with E-state index in [1.54, 1.807) is 6.07 Å². The van der Waals surface area contributed by atoms with Crippen molar-refractivity contribution in [1.82, 2.24) is 0 Å². The van der Waals surface area contributed by atoms with Gasteiger partial charge in [-0.25, -0.2) is 4.79 Å². The number of rotatable bonds is 5. The zero-order valence-electron chi connectivity index (χ0n) is 11.6. The van der Waals surface area contributed by atoms with Gasteiger partial charge in [-0.1, -0.05) is 30.3 Å². The third-order valence-electron chi connectivity index (χ3n) is 3.05. The van der Waals surface area contributed by atoms with Gasteiger partial charge in [0.25, 0.3) is 0 Å². The molecular formula is C15H10N2O6. The summed E-state index contributed by atoms with van der Waals surface area (Å²) >= 11 is 0. The number of aromatic carboxylic acids is 1. The van der Waals surface area contributed by atoms with E-state index in [1.807, 2.05) is 0 Å². The van der Waals surface area contributed by atoms with Gasteiger partial charge in [-0.2, -0.15) is 0 Å². The van der Waals surface area contributed by atoms with Crippen LogP contribution in [0, 0.1) is 20.2 Å². The fraction of sp³-hybridized carbons (Fsp3) is 0. The Kier molecular flexibility index (Phi) is 4.46. The summed E-state index contributed by atoms with van der Waals surface area (Å²) in [5.41, 5.74) is -2.30. The van der Waals surface area contributed by atoms with Gasteiger partial charge in [0, 0.05) is 0 Å². The molecule has 0 saturated heterocycles. The Balaban J connectivity index is 2.87. The third kappa shape index (κ3) is 3.21. The van der Waals surface area contributed by atoms with E-state index >= 15 is 0 Å². The summed E-state index contributed by atoms with van der Waals surface area (Å²) in [4.78, 5) is 32.3. The van der Waals surface area contributed by atoms with Gasteiger partial charge in [-0.15, -0.1) is 0 Å². The SMILES string of the molecule is O=C(O)c1ccccc1C(=C(c1ccccc1)[N+](=O)[O-])[N+](=O)[O-]. The van der Waals surface area contributed by atoms with Crippen molar-refractivity contribution in [1.29, 1.82) is 0 Å². The summed E-state index contributed by atoms with van der Waals surface area (Å²) in [6.45, 7) is 0. The number of carboxylic acids is 1. The minimum absolute atomic E-state index is 0.0180. The summed E-state index contributed by atoms with van der Waals surface area (Å²) in [6, 6.07) is 12.4. The number of carboxylic acid groups (broad SMARTS) is 1. The van der Waals surface area contributed by atoms with Crippen LogP contribution in [-0.4, -0.2) is 20.9 Å². The van der Waals surface area contributed by atoms with Gasteiger partial charge >= 0.3 is 17.4 Å². The number of hydrogen-bond donors (Lipinski definition) is 1. The molecule has 0 saturated carbocycles. The Morgan fingerprint density at radius 1 is 0.783 bits per heavy atom. The van der Waals surface area contributed by atoms with Crippen LogP contribution in [0.1, 0.15) is 21.5 Å². The van der Waals surface area contributed by atoms with Crippen LogP contribution >= 0.6 is 0 Å². The summed E-state index contributed by atoms with van der Waals surface area (Å²) in [7, 11) is 0. The second-order valence-electron chi connectivity index (χ2n) is 4.43. The second kappa shape index (κ2) is 6.48. The van der Waals surface area contributed by atoms with E-state index in [-0.39, 0.29) is 16.7 Å². The molecule has 2 rings (SSSR count). The maximum absolute atomic E-state index is 11.4. The van der Waals surface area contributed by atoms with Crippen LogP contribution in [0.4, 0.5) is 0 Å². The van der Waals surface area contributed by atoms with Gasteiger partial charge in [0.05, 0.1) is 26.5 Å². The molecule has 0 amide bonds. The zero-order valence-corrected chi connectivity index (χ0v) is 11.6. The molecule has 0 bridgehead atoms. The average Bonchev–Trinajstić information content (AvgIpc) is 2.52. The van der Waals surface area contributed by atoms with Gasteiger partial charge in [0.1, 0.15) is 0 Å². The molecule has 0 aromatic heterocycles. The maximum atomic E-state index is 11.4. The smallest absolute Gasteiger partial charge is 0.354 e. The highest BCUT2D eigenvalue weighted by atomic mass is 16.6. The lowest BCUT2D eigenvalue weighted by atomic mass is 10.0. The molecule has 2 aromatic carbocycles. The summed E-state index contributed by atoms with van der Waals surface area (Å²) in [5.74, 6) is -1.41. The highest BCUT2D eigenvalue weighted by Crippen LogP contribution is 2.29. The maximum Gasteiger partial charge on any atom is 0.354 e. The average molecular weight is 314 g/mol. The van der Waals surface area contributed by atoms with Crippen LogP contribution in [0.15, 0.2) is 54.6 Å². The van der Waals surface area contributed by atoms with Crippen LogP contribution in [0.25, 0.3) is 11.4 Å². The molecule has 0 unspecified atom stereocenters. The van der Waals surface area contributed by atoms with Gasteiger partial charge in [0.15, 0.2) is 0 Å². The van der Waals surface area contributed by atoms with Crippen LogP contribution in [0.3, 0.4) is 0 Å². The molecule has 8 heteroatoms. The minimum Gasteiger partial charge on any atom is -0.478 e. The van der Waals surface area contributed by atoms with E-state index in [0.717, 1.165) is 6.07 Å². The van der Waals surface area contributed by atoms with Crippen LogP contribution in [0.5, 0.6) is 0 Å². The van der Waals surface area contributed by atoms with E-state index in [2.05, 4.69) is 0 Å². The van der Waals surface area contributed by atoms with Crippen LogP contribution in [-0.2, 0) is 0 Å². The van der Waals surface area contributed by atoms with E-state index in [9.17, 15) is 30.1 Å². The van der Waals surface area contributed by atoms with Crippen molar-refractivity contribution in [2.24, 2.45) is 0 Å². The quantitative estimate of drug-likeness (QED) is 0.514. The van der Waals surface area contributed by atoms with E-state index in [1.165, 1.54) is 42.5 Å². The number of nitrogens with zero attached hydrogens (tertiary/aromatic N) is 2. The molecule has 0 fully saturated rings. The first-order chi connectivity index (χ1) is 10.9. The molecule has 0 radical (unpaired) electrons. The zero-order chi connectivity index (χ0) is 17.0. The largest absolute Gasteiger partial charge is 0.478 e. The normalized spacial score (nSPS) is 11.5. The first-order valence-corrected chi connectivity index (χ1v) is 6.34. The van der Waals surface area contributed by atoms with Crippen molar-refractivity contribution < 1.29 is 19.7 Å². The Hall–Kier alpha value is -3.55. The van der Waals surface area contributed by atoms with Crippen molar-refractivity contribution >= 4 is 17.4 Å². The van der Waals surface area contributed by atoms with E-state index < -0.39 is 27.2 Å². The minimum atomic E-state index is -1.41. The molecule has 0 heterocycles. The first kappa shape index (κ1) is 15.8. The van der Waals surface area contributed by atoms with Crippen molar-refractivity contribution in [2.45, 2.75) is 0 Å². The second-order valence-corrected chi connectivity index (χ2v) is 4.43. The molecular weight excluding hydrogens is 304 g/mol. The van der Waals surface area contributed by atoms with E-state index in [0.29, 0.717) is 0 Å². The fourth-order valence-corrected chi connectivity index (χ4v) is 2.11. The van der Waals surface area contributed by atoms with Crippen molar-refractivity contribution in [3.63, 3.8) is 0 Å². The van der Waals surface area contributed by atoms with Gasteiger partial charge in [-0.3, -0.25) is 20.2 Å². The van der Waals surface area contributed by atoms with Crippen LogP contribution in [0.2, 0.25) is 0 Å². The lowest BCUT2D eigenvalue weighted by molar-refractivity contribution is -0.406. The van der Waals surface area contributed by atoms with Crippen molar-refractivity contribution in [3.8, 4) is 0 Å².